The quantitative estimate of drug-likeness (QED) is 0.793. The van der Waals surface area contributed by atoms with Gasteiger partial charge in [0.25, 0.3) is 0 Å². The van der Waals surface area contributed by atoms with Crippen molar-refractivity contribution >= 4 is 5.97 Å². The van der Waals surface area contributed by atoms with E-state index in [1.807, 2.05) is 0 Å². The first-order valence-corrected chi connectivity index (χ1v) is 6.93. The fourth-order valence-corrected chi connectivity index (χ4v) is 3.74. The van der Waals surface area contributed by atoms with Crippen molar-refractivity contribution in [3.8, 4) is 0 Å². The molecule has 0 aliphatic heterocycles. The molecule has 0 aromatic heterocycles. The zero-order chi connectivity index (χ0) is 11.5. The smallest absolute Gasteiger partial charge is 0.306 e. The van der Waals surface area contributed by atoms with Crippen molar-refractivity contribution in [3.05, 3.63) is 0 Å². The SMILES string of the molecule is CCC1CCC(C2CCC(C(=O)O)C2)CC1. The number of carboxylic acids is 1. The minimum absolute atomic E-state index is 0.0334. The molecular formula is C14H24O2. The topological polar surface area (TPSA) is 37.3 Å². The molecular weight excluding hydrogens is 200 g/mol. The molecule has 0 spiro atoms. The summed E-state index contributed by atoms with van der Waals surface area (Å²) in [6, 6.07) is 0. The van der Waals surface area contributed by atoms with Crippen molar-refractivity contribution < 1.29 is 9.90 Å². The highest BCUT2D eigenvalue weighted by Gasteiger charge is 2.35. The van der Waals surface area contributed by atoms with Crippen LogP contribution < -0.4 is 0 Å². The summed E-state index contributed by atoms with van der Waals surface area (Å²) in [5.41, 5.74) is 0. The molecule has 2 aliphatic rings. The molecule has 2 nitrogen and oxygen atoms in total. The summed E-state index contributed by atoms with van der Waals surface area (Å²) in [5.74, 6) is 1.91. The van der Waals surface area contributed by atoms with Crippen LogP contribution in [0.15, 0.2) is 0 Å². The van der Waals surface area contributed by atoms with Crippen LogP contribution in [-0.2, 0) is 4.79 Å². The van der Waals surface area contributed by atoms with Gasteiger partial charge in [0.15, 0.2) is 0 Å². The molecule has 0 saturated heterocycles. The molecule has 0 bridgehead atoms. The van der Waals surface area contributed by atoms with Crippen LogP contribution in [0.2, 0.25) is 0 Å². The van der Waals surface area contributed by atoms with E-state index >= 15 is 0 Å². The molecule has 0 amide bonds. The maximum absolute atomic E-state index is 10.9. The van der Waals surface area contributed by atoms with E-state index in [2.05, 4.69) is 6.92 Å². The lowest BCUT2D eigenvalue weighted by atomic mass is 9.74. The summed E-state index contributed by atoms with van der Waals surface area (Å²) in [4.78, 5) is 10.9. The van der Waals surface area contributed by atoms with Gasteiger partial charge in [-0.1, -0.05) is 26.2 Å². The highest BCUT2D eigenvalue weighted by atomic mass is 16.4. The molecule has 16 heavy (non-hydrogen) atoms. The van der Waals surface area contributed by atoms with E-state index in [1.165, 1.54) is 38.5 Å². The normalized spacial score (nSPS) is 39.8. The van der Waals surface area contributed by atoms with Gasteiger partial charge in [-0.3, -0.25) is 4.79 Å². The maximum atomic E-state index is 10.9. The molecule has 0 heterocycles. The molecule has 0 aromatic carbocycles. The molecule has 2 atom stereocenters. The van der Waals surface area contributed by atoms with E-state index in [9.17, 15) is 4.79 Å². The fourth-order valence-electron chi connectivity index (χ4n) is 3.74. The van der Waals surface area contributed by atoms with E-state index in [-0.39, 0.29) is 5.92 Å². The number of rotatable bonds is 3. The van der Waals surface area contributed by atoms with Gasteiger partial charge in [0.2, 0.25) is 0 Å². The summed E-state index contributed by atoms with van der Waals surface area (Å²) in [5, 5.41) is 9.01. The molecule has 2 fully saturated rings. The third kappa shape index (κ3) is 2.58. The van der Waals surface area contributed by atoms with Gasteiger partial charge in [0.1, 0.15) is 0 Å². The van der Waals surface area contributed by atoms with Crippen LogP contribution in [0.25, 0.3) is 0 Å². The van der Waals surface area contributed by atoms with Gasteiger partial charge in [-0.15, -0.1) is 0 Å². The molecule has 92 valence electrons. The summed E-state index contributed by atoms with van der Waals surface area (Å²) in [6.07, 6.45) is 9.86. The lowest BCUT2D eigenvalue weighted by molar-refractivity contribution is -0.141. The fraction of sp³-hybridized carbons (Fsp3) is 0.929. The molecule has 2 heteroatoms. The average molecular weight is 224 g/mol. The Bertz CT molecular complexity index is 241. The second-order valence-electron chi connectivity index (χ2n) is 5.80. The van der Waals surface area contributed by atoms with Crippen LogP contribution in [0.5, 0.6) is 0 Å². The molecule has 2 aliphatic carbocycles. The van der Waals surface area contributed by atoms with Crippen LogP contribution in [0.3, 0.4) is 0 Å². The number of hydrogen-bond acceptors (Lipinski definition) is 1. The van der Waals surface area contributed by atoms with Crippen LogP contribution >= 0.6 is 0 Å². The minimum atomic E-state index is -0.565. The largest absolute Gasteiger partial charge is 0.481 e. The third-order valence-corrected chi connectivity index (χ3v) is 4.96. The molecule has 0 aromatic rings. The predicted octanol–water partition coefficient (Wildman–Crippen LogP) is 3.70. The van der Waals surface area contributed by atoms with Crippen molar-refractivity contribution in [1.29, 1.82) is 0 Å². The van der Waals surface area contributed by atoms with Gasteiger partial charge < -0.3 is 5.11 Å². The molecule has 2 unspecified atom stereocenters. The Morgan fingerprint density at radius 1 is 1.06 bits per heavy atom. The van der Waals surface area contributed by atoms with Crippen molar-refractivity contribution in [2.24, 2.45) is 23.7 Å². The van der Waals surface area contributed by atoms with E-state index in [4.69, 9.17) is 5.11 Å². The van der Waals surface area contributed by atoms with Crippen LogP contribution in [0, 0.1) is 23.7 Å². The van der Waals surface area contributed by atoms with E-state index in [0.29, 0.717) is 0 Å². The van der Waals surface area contributed by atoms with Crippen molar-refractivity contribution in [2.75, 3.05) is 0 Å². The van der Waals surface area contributed by atoms with Crippen LogP contribution in [0.1, 0.15) is 58.3 Å². The van der Waals surface area contributed by atoms with Gasteiger partial charge in [-0.2, -0.15) is 0 Å². The molecule has 0 radical (unpaired) electrons. The highest BCUT2D eigenvalue weighted by molar-refractivity contribution is 5.70. The van der Waals surface area contributed by atoms with Gasteiger partial charge >= 0.3 is 5.97 Å². The second-order valence-corrected chi connectivity index (χ2v) is 5.80. The predicted molar refractivity (Wildman–Crippen MR) is 64.2 cm³/mol. The van der Waals surface area contributed by atoms with Crippen molar-refractivity contribution in [2.45, 2.75) is 58.3 Å². The summed E-state index contributed by atoms with van der Waals surface area (Å²) < 4.78 is 0. The van der Waals surface area contributed by atoms with Gasteiger partial charge in [0.05, 0.1) is 5.92 Å². The number of hydrogen-bond donors (Lipinski definition) is 1. The first kappa shape index (κ1) is 11.9. The van der Waals surface area contributed by atoms with Crippen LogP contribution in [0.4, 0.5) is 0 Å². The Kier molecular flexibility index (Phi) is 3.88. The standard InChI is InChI=1S/C14H24O2/c1-2-10-3-5-11(6-4-10)12-7-8-13(9-12)14(15)16/h10-13H,2-9H2,1H3,(H,15,16). The van der Waals surface area contributed by atoms with E-state index in [1.54, 1.807) is 0 Å². The minimum Gasteiger partial charge on any atom is -0.481 e. The number of carboxylic acid groups (broad SMARTS) is 1. The Hall–Kier alpha value is -0.530. The van der Waals surface area contributed by atoms with Gasteiger partial charge in [-0.05, 0) is 49.9 Å². The van der Waals surface area contributed by atoms with Gasteiger partial charge in [-0.25, -0.2) is 0 Å². The maximum Gasteiger partial charge on any atom is 0.306 e. The van der Waals surface area contributed by atoms with Crippen molar-refractivity contribution in [1.82, 2.24) is 0 Å². The average Bonchev–Trinajstić information content (AvgIpc) is 2.78. The first-order valence-electron chi connectivity index (χ1n) is 6.93. The molecule has 2 rings (SSSR count). The lowest BCUT2D eigenvalue weighted by Crippen LogP contribution is -2.20. The monoisotopic (exact) mass is 224 g/mol. The van der Waals surface area contributed by atoms with E-state index < -0.39 is 5.97 Å². The third-order valence-electron chi connectivity index (χ3n) is 4.96. The second kappa shape index (κ2) is 5.20. The first-order chi connectivity index (χ1) is 7.70. The summed E-state index contributed by atoms with van der Waals surface area (Å²) in [6.45, 7) is 2.29. The highest BCUT2D eigenvalue weighted by Crippen LogP contribution is 2.43. The van der Waals surface area contributed by atoms with Crippen LogP contribution in [-0.4, -0.2) is 11.1 Å². The Labute approximate surface area is 98.4 Å². The molecule has 1 N–H and O–H groups in total. The Morgan fingerprint density at radius 3 is 2.19 bits per heavy atom. The number of carbonyl (C=O) groups is 1. The zero-order valence-electron chi connectivity index (χ0n) is 10.3. The van der Waals surface area contributed by atoms with E-state index in [0.717, 1.165) is 30.6 Å². The summed E-state index contributed by atoms with van der Waals surface area (Å²) in [7, 11) is 0. The number of aliphatic carboxylic acids is 1. The lowest BCUT2D eigenvalue weighted by Gasteiger charge is -2.31. The van der Waals surface area contributed by atoms with Gasteiger partial charge in [0, 0.05) is 0 Å². The molecule has 2 saturated carbocycles. The Morgan fingerprint density at radius 2 is 1.69 bits per heavy atom. The van der Waals surface area contributed by atoms with Crippen molar-refractivity contribution in [3.63, 3.8) is 0 Å². The Balaban J connectivity index is 1.80. The summed E-state index contributed by atoms with van der Waals surface area (Å²) >= 11 is 0. The zero-order valence-corrected chi connectivity index (χ0v) is 10.3.